The van der Waals surface area contributed by atoms with Crippen molar-refractivity contribution in [2.45, 2.75) is 0 Å². The number of thiazole rings is 1. The van der Waals surface area contributed by atoms with Crippen LogP contribution in [0.5, 0.6) is 0 Å². The molecule has 0 bridgehead atoms. The third-order valence-corrected chi connectivity index (χ3v) is 6.63. The Morgan fingerprint density at radius 3 is 2.17 bits per heavy atom. The van der Waals surface area contributed by atoms with Crippen LogP contribution in [-0.2, 0) is 7.05 Å². The number of benzene rings is 2. The summed E-state index contributed by atoms with van der Waals surface area (Å²) in [5.41, 5.74) is 3.61. The van der Waals surface area contributed by atoms with Gasteiger partial charge in [-0.2, -0.15) is 0 Å². The molecule has 0 saturated heterocycles. The molecule has 0 unspecified atom stereocenters. The van der Waals surface area contributed by atoms with Gasteiger partial charge in [-0.15, -0.1) is 11.3 Å². The van der Waals surface area contributed by atoms with E-state index in [1.807, 2.05) is 41.9 Å². The van der Waals surface area contributed by atoms with Gasteiger partial charge in [-0.1, -0.05) is 53.5 Å². The average molecular weight is 439 g/mol. The summed E-state index contributed by atoms with van der Waals surface area (Å²) in [6.07, 6.45) is 1.55. The monoisotopic (exact) mass is 438 g/mol. The van der Waals surface area contributed by atoms with Gasteiger partial charge >= 0.3 is 0 Å². The summed E-state index contributed by atoms with van der Waals surface area (Å²) in [5.74, 6) is -0.708. The highest BCUT2D eigenvalue weighted by Crippen LogP contribution is 2.36. The fraction of sp³-hybridized carbons (Fsp3) is 0.0455. The van der Waals surface area contributed by atoms with Gasteiger partial charge in [0.25, 0.3) is 0 Å². The Bertz CT molecular complexity index is 1320. The van der Waals surface area contributed by atoms with Crippen LogP contribution in [0.4, 0.5) is 0 Å². The Kier molecular flexibility index (Phi) is 4.21. The molecule has 1 aliphatic carbocycles. The average Bonchev–Trinajstić information content (AvgIpc) is 3.32. The van der Waals surface area contributed by atoms with Crippen LogP contribution >= 0.6 is 34.5 Å². The van der Waals surface area contributed by atoms with E-state index >= 15 is 0 Å². The zero-order valence-corrected chi connectivity index (χ0v) is 17.4. The highest BCUT2D eigenvalue weighted by Gasteiger charge is 2.34. The van der Waals surface area contributed by atoms with Gasteiger partial charge in [0.1, 0.15) is 5.01 Å². The zero-order chi connectivity index (χ0) is 20.3. The van der Waals surface area contributed by atoms with Crippen molar-refractivity contribution in [2.75, 3.05) is 0 Å². The maximum atomic E-state index is 12.7. The molecule has 0 spiro atoms. The highest BCUT2D eigenvalue weighted by molar-refractivity contribution is 7.19. The first kappa shape index (κ1) is 18.3. The van der Waals surface area contributed by atoms with Crippen molar-refractivity contribution in [3.63, 3.8) is 0 Å². The Morgan fingerprint density at radius 2 is 1.59 bits per heavy atom. The maximum Gasteiger partial charge on any atom is 0.197 e. The van der Waals surface area contributed by atoms with Crippen LogP contribution in [0.3, 0.4) is 0 Å². The van der Waals surface area contributed by atoms with E-state index in [1.54, 1.807) is 6.08 Å². The van der Waals surface area contributed by atoms with Gasteiger partial charge in [0.15, 0.2) is 17.2 Å². The normalized spacial score (nSPS) is 13.4. The molecule has 4 nitrogen and oxygen atoms in total. The number of nitrogens with zero attached hydrogens (tertiary/aromatic N) is 2. The highest BCUT2D eigenvalue weighted by atomic mass is 35.5. The minimum Gasteiger partial charge on any atom is -0.328 e. The van der Waals surface area contributed by atoms with Gasteiger partial charge < -0.3 is 4.57 Å². The van der Waals surface area contributed by atoms with Gasteiger partial charge in [-0.05, 0) is 29.8 Å². The SMILES string of the molecule is Cn1c(-c2ccccc2)cc2sc(C=C3C(=O)c4cc(Cl)c(Cl)cc4C3=O)nc21. The van der Waals surface area contributed by atoms with E-state index in [0.29, 0.717) is 5.01 Å². The lowest BCUT2D eigenvalue weighted by Crippen LogP contribution is -2.00. The second kappa shape index (κ2) is 6.66. The maximum absolute atomic E-state index is 12.7. The second-order valence-corrected chi connectivity index (χ2v) is 8.60. The van der Waals surface area contributed by atoms with Crippen LogP contribution in [0.15, 0.2) is 54.1 Å². The lowest BCUT2D eigenvalue weighted by molar-refractivity contribution is 0.0990. The van der Waals surface area contributed by atoms with Crippen molar-refractivity contribution in [3.8, 4) is 11.3 Å². The Hall–Kier alpha value is -2.73. The third-order valence-electron chi connectivity index (χ3n) is 4.97. The molecule has 2 aromatic carbocycles. The molecule has 1 aliphatic rings. The molecule has 0 saturated carbocycles. The van der Waals surface area contributed by atoms with E-state index < -0.39 is 0 Å². The molecule has 4 aromatic rings. The molecule has 0 fully saturated rings. The predicted molar refractivity (Wildman–Crippen MR) is 117 cm³/mol. The first-order valence-corrected chi connectivity index (χ1v) is 10.3. The lowest BCUT2D eigenvalue weighted by Gasteiger charge is -2.02. The number of allylic oxidation sites excluding steroid dienone is 1. The van der Waals surface area contributed by atoms with Crippen molar-refractivity contribution >= 4 is 62.5 Å². The summed E-state index contributed by atoms with van der Waals surface area (Å²) in [5, 5.41) is 1.11. The summed E-state index contributed by atoms with van der Waals surface area (Å²) < 4.78 is 3.00. The molecule has 0 aliphatic heterocycles. The number of hydrogen-bond acceptors (Lipinski definition) is 4. The Balaban J connectivity index is 1.56. The molecule has 5 rings (SSSR count). The number of carbonyl (C=O) groups excluding carboxylic acids is 2. The van der Waals surface area contributed by atoms with E-state index in [0.717, 1.165) is 21.6 Å². The lowest BCUT2D eigenvalue weighted by atomic mass is 10.1. The molecule has 142 valence electrons. The largest absolute Gasteiger partial charge is 0.328 e. The molecule has 7 heteroatoms. The predicted octanol–water partition coefficient (Wildman–Crippen LogP) is 6.07. The van der Waals surface area contributed by atoms with Crippen LogP contribution in [-0.4, -0.2) is 21.1 Å². The van der Waals surface area contributed by atoms with E-state index in [4.69, 9.17) is 23.2 Å². The molecule has 0 amide bonds. The molecule has 0 radical (unpaired) electrons. The van der Waals surface area contributed by atoms with Crippen molar-refractivity contribution in [1.29, 1.82) is 0 Å². The summed E-state index contributed by atoms with van der Waals surface area (Å²) in [6.45, 7) is 0. The summed E-state index contributed by atoms with van der Waals surface area (Å²) >= 11 is 13.5. The van der Waals surface area contributed by atoms with Crippen LogP contribution in [0.1, 0.15) is 25.7 Å². The Labute approximate surface area is 180 Å². The van der Waals surface area contributed by atoms with Crippen LogP contribution in [0.25, 0.3) is 27.7 Å². The number of rotatable bonds is 2. The number of hydrogen-bond donors (Lipinski definition) is 0. The van der Waals surface area contributed by atoms with E-state index in [9.17, 15) is 9.59 Å². The minimum atomic E-state index is -0.354. The quantitative estimate of drug-likeness (QED) is 0.281. The van der Waals surface area contributed by atoms with Crippen molar-refractivity contribution in [1.82, 2.24) is 9.55 Å². The molecule has 0 N–H and O–H groups in total. The van der Waals surface area contributed by atoms with Crippen molar-refractivity contribution in [2.24, 2.45) is 7.05 Å². The molecular weight excluding hydrogens is 427 g/mol. The van der Waals surface area contributed by atoms with Crippen molar-refractivity contribution in [3.05, 3.63) is 80.3 Å². The number of fused-ring (bicyclic) bond motifs is 2. The van der Waals surface area contributed by atoms with Crippen LogP contribution in [0, 0.1) is 0 Å². The standard InChI is InChI=1S/C22H12Cl2N2O2S/c1-26-17(11-5-3-2-4-6-11)10-18-22(26)25-19(29-18)9-14-20(27)12-7-15(23)16(24)8-13(12)21(14)28/h2-10H,1H3. The molecular formula is C22H12Cl2N2O2S. The third kappa shape index (κ3) is 2.85. The molecule has 2 heterocycles. The number of carbonyl (C=O) groups is 2. The van der Waals surface area contributed by atoms with Gasteiger partial charge in [-0.25, -0.2) is 4.98 Å². The minimum absolute atomic E-state index is 0.0840. The zero-order valence-electron chi connectivity index (χ0n) is 15.1. The Morgan fingerprint density at radius 1 is 0.966 bits per heavy atom. The summed E-state index contributed by atoms with van der Waals surface area (Å²) in [7, 11) is 1.95. The van der Waals surface area contributed by atoms with Crippen molar-refractivity contribution < 1.29 is 9.59 Å². The van der Waals surface area contributed by atoms with Crippen LogP contribution in [0.2, 0.25) is 10.0 Å². The molecule has 2 aromatic heterocycles. The number of aromatic nitrogens is 2. The van der Waals surface area contributed by atoms with Gasteiger partial charge in [-0.3, -0.25) is 9.59 Å². The van der Waals surface area contributed by atoms with E-state index in [-0.39, 0.29) is 38.3 Å². The summed E-state index contributed by atoms with van der Waals surface area (Å²) in [4.78, 5) is 30.1. The van der Waals surface area contributed by atoms with E-state index in [2.05, 4.69) is 11.1 Å². The first-order chi connectivity index (χ1) is 13.9. The molecule has 29 heavy (non-hydrogen) atoms. The number of aryl methyl sites for hydroxylation is 1. The van der Waals surface area contributed by atoms with Crippen LogP contribution < -0.4 is 0 Å². The first-order valence-electron chi connectivity index (χ1n) is 8.76. The van der Waals surface area contributed by atoms with Gasteiger partial charge in [0.05, 0.1) is 26.0 Å². The fourth-order valence-electron chi connectivity index (χ4n) is 3.53. The second-order valence-electron chi connectivity index (χ2n) is 6.72. The van der Waals surface area contributed by atoms with Gasteiger partial charge in [0.2, 0.25) is 0 Å². The fourth-order valence-corrected chi connectivity index (χ4v) is 4.83. The number of ketones is 2. The molecule has 0 atom stereocenters. The number of halogens is 2. The topological polar surface area (TPSA) is 52.0 Å². The number of Topliss-reactive ketones (excluding diaryl/α,β-unsaturated/α-hetero) is 2. The summed E-state index contributed by atoms with van der Waals surface area (Å²) in [6, 6.07) is 15.0. The van der Waals surface area contributed by atoms with Gasteiger partial charge in [0, 0.05) is 18.2 Å². The van der Waals surface area contributed by atoms with E-state index in [1.165, 1.54) is 23.5 Å². The smallest absolute Gasteiger partial charge is 0.197 e.